The lowest BCUT2D eigenvalue weighted by Crippen LogP contribution is -1.91. The minimum Gasteiger partial charge on any atom is -0.497 e. The second-order valence-corrected chi connectivity index (χ2v) is 3.57. The summed E-state index contributed by atoms with van der Waals surface area (Å²) in [6.07, 6.45) is 1.44. The van der Waals surface area contributed by atoms with Gasteiger partial charge < -0.3 is 19.6 Å². The molecule has 0 amide bonds. The van der Waals surface area contributed by atoms with Crippen molar-refractivity contribution < 1.29 is 13.9 Å². The van der Waals surface area contributed by atoms with Crippen LogP contribution >= 0.6 is 0 Å². The molecule has 2 N–H and O–H groups in total. The molecule has 92 valence electrons. The van der Waals surface area contributed by atoms with E-state index in [9.17, 15) is 0 Å². The average molecular weight is 244 g/mol. The van der Waals surface area contributed by atoms with Gasteiger partial charge in [0.2, 0.25) is 5.88 Å². The van der Waals surface area contributed by atoms with Crippen LogP contribution in [0, 0.1) is 11.3 Å². The fourth-order valence-electron chi connectivity index (χ4n) is 1.71. The molecule has 0 saturated carbocycles. The van der Waals surface area contributed by atoms with Crippen molar-refractivity contribution in [2.45, 2.75) is 0 Å². The van der Waals surface area contributed by atoms with Gasteiger partial charge in [0.25, 0.3) is 0 Å². The number of furan rings is 1. The Bertz CT molecular complexity index is 611. The number of hydrogen-bond acceptors (Lipinski definition) is 5. The van der Waals surface area contributed by atoms with Crippen molar-refractivity contribution in [1.82, 2.24) is 0 Å². The zero-order valence-corrected chi connectivity index (χ0v) is 10.1. The van der Waals surface area contributed by atoms with Gasteiger partial charge in [0, 0.05) is 17.2 Å². The van der Waals surface area contributed by atoms with Crippen LogP contribution in [0.25, 0.3) is 11.1 Å². The van der Waals surface area contributed by atoms with Gasteiger partial charge in [-0.1, -0.05) is 0 Å². The van der Waals surface area contributed by atoms with Gasteiger partial charge in [-0.2, -0.15) is 5.26 Å². The number of nitrogen functional groups attached to an aromatic ring is 1. The molecule has 0 radical (unpaired) electrons. The van der Waals surface area contributed by atoms with Crippen LogP contribution in [0.15, 0.2) is 28.9 Å². The molecule has 0 aliphatic heterocycles. The predicted molar refractivity (Wildman–Crippen MR) is 66.4 cm³/mol. The highest BCUT2D eigenvalue weighted by atomic mass is 16.5. The molecule has 0 saturated heterocycles. The largest absolute Gasteiger partial charge is 0.497 e. The molecule has 1 aromatic heterocycles. The molecule has 2 aromatic rings. The monoisotopic (exact) mass is 244 g/mol. The van der Waals surface area contributed by atoms with Crippen molar-refractivity contribution in [2.24, 2.45) is 0 Å². The molecular weight excluding hydrogens is 232 g/mol. The van der Waals surface area contributed by atoms with Gasteiger partial charge in [-0.05, 0) is 12.1 Å². The summed E-state index contributed by atoms with van der Waals surface area (Å²) >= 11 is 0. The number of nitrogens with two attached hydrogens (primary N) is 1. The lowest BCUT2D eigenvalue weighted by atomic mass is 10.0. The van der Waals surface area contributed by atoms with E-state index >= 15 is 0 Å². The molecule has 0 aliphatic carbocycles. The predicted octanol–water partition coefficient (Wildman–Crippen LogP) is 2.42. The molecule has 0 unspecified atom stereocenters. The Morgan fingerprint density at radius 1 is 1.22 bits per heavy atom. The van der Waals surface area contributed by atoms with Gasteiger partial charge in [0.05, 0.1) is 14.2 Å². The Morgan fingerprint density at radius 2 is 2.00 bits per heavy atom. The second-order valence-electron chi connectivity index (χ2n) is 3.57. The fourth-order valence-corrected chi connectivity index (χ4v) is 1.71. The first-order valence-corrected chi connectivity index (χ1v) is 5.20. The minimum atomic E-state index is 0.102. The summed E-state index contributed by atoms with van der Waals surface area (Å²) in [4.78, 5) is 0. The zero-order chi connectivity index (χ0) is 13.1. The van der Waals surface area contributed by atoms with E-state index in [0.29, 0.717) is 22.6 Å². The van der Waals surface area contributed by atoms with Crippen LogP contribution in [0.5, 0.6) is 11.5 Å². The molecule has 0 atom stereocenters. The van der Waals surface area contributed by atoms with E-state index in [1.165, 1.54) is 6.26 Å². The summed E-state index contributed by atoms with van der Waals surface area (Å²) in [5.41, 5.74) is 7.22. The van der Waals surface area contributed by atoms with Crippen LogP contribution in [0.3, 0.4) is 0 Å². The maximum absolute atomic E-state index is 9.06. The van der Waals surface area contributed by atoms with Gasteiger partial charge in [0.1, 0.15) is 29.4 Å². The van der Waals surface area contributed by atoms with E-state index in [2.05, 4.69) is 0 Å². The van der Waals surface area contributed by atoms with E-state index in [1.807, 2.05) is 6.07 Å². The number of benzene rings is 1. The quantitative estimate of drug-likeness (QED) is 0.896. The molecule has 1 aromatic carbocycles. The molecule has 2 rings (SSSR count). The topological polar surface area (TPSA) is 81.4 Å². The van der Waals surface area contributed by atoms with Crippen molar-refractivity contribution in [3.8, 4) is 28.7 Å². The van der Waals surface area contributed by atoms with E-state index in [0.717, 1.165) is 5.56 Å². The van der Waals surface area contributed by atoms with E-state index in [4.69, 9.17) is 24.9 Å². The number of nitrogens with zero attached hydrogens (tertiary/aromatic N) is 1. The number of methoxy groups -OCH3 is 2. The molecule has 18 heavy (non-hydrogen) atoms. The van der Waals surface area contributed by atoms with Gasteiger partial charge in [-0.15, -0.1) is 0 Å². The third kappa shape index (κ3) is 1.84. The van der Waals surface area contributed by atoms with Crippen LogP contribution < -0.4 is 15.2 Å². The summed E-state index contributed by atoms with van der Waals surface area (Å²) in [5.74, 6) is 1.36. The Labute approximate surface area is 104 Å². The molecule has 0 spiro atoms. The normalized spacial score (nSPS) is 9.83. The zero-order valence-electron chi connectivity index (χ0n) is 10.1. The molecule has 0 aliphatic rings. The van der Waals surface area contributed by atoms with Crippen molar-refractivity contribution in [3.63, 3.8) is 0 Å². The maximum atomic E-state index is 9.06. The smallest absolute Gasteiger partial charge is 0.208 e. The lowest BCUT2D eigenvalue weighted by molar-refractivity contribution is 0.395. The summed E-state index contributed by atoms with van der Waals surface area (Å²) < 4.78 is 15.5. The number of anilines is 1. The Kier molecular flexibility index (Phi) is 3.11. The van der Waals surface area contributed by atoms with E-state index in [1.54, 1.807) is 32.4 Å². The first-order valence-electron chi connectivity index (χ1n) is 5.20. The first-order chi connectivity index (χ1) is 8.71. The summed E-state index contributed by atoms with van der Waals surface area (Å²) in [7, 11) is 3.12. The van der Waals surface area contributed by atoms with Gasteiger partial charge >= 0.3 is 0 Å². The third-order valence-electron chi connectivity index (χ3n) is 2.63. The number of nitriles is 1. The molecular formula is C13H12N2O3. The number of rotatable bonds is 3. The minimum absolute atomic E-state index is 0.102. The van der Waals surface area contributed by atoms with Crippen LogP contribution in [0.2, 0.25) is 0 Å². The van der Waals surface area contributed by atoms with Gasteiger partial charge in [-0.3, -0.25) is 0 Å². The highest BCUT2D eigenvalue weighted by Crippen LogP contribution is 2.37. The van der Waals surface area contributed by atoms with Crippen LogP contribution in [0.1, 0.15) is 5.56 Å². The Balaban J connectivity index is 2.60. The molecule has 1 heterocycles. The summed E-state index contributed by atoms with van der Waals surface area (Å²) in [5, 5.41) is 9.06. The maximum Gasteiger partial charge on any atom is 0.208 e. The number of ether oxygens (including phenoxy) is 2. The standard InChI is InChI=1S/C13H12N2O3/c1-16-8-3-4-9(12(5-8)17-2)11-7-18-13(15)10(11)6-14/h3-5,7H,15H2,1-2H3. The van der Waals surface area contributed by atoms with E-state index in [-0.39, 0.29) is 5.88 Å². The highest BCUT2D eigenvalue weighted by molar-refractivity contribution is 5.79. The van der Waals surface area contributed by atoms with Gasteiger partial charge in [-0.25, -0.2) is 0 Å². The fraction of sp³-hybridized carbons (Fsp3) is 0.154. The third-order valence-corrected chi connectivity index (χ3v) is 2.63. The number of hydrogen-bond donors (Lipinski definition) is 1. The molecule has 5 heteroatoms. The van der Waals surface area contributed by atoms with Crippen LogP contribution in [0.4, 0.5) is 5.88 Å². The van der Waals surface area contributed by atoms with Crippen molar-refractivity contribution in [1.29, 1.82) is 5.26 Å². The Morgan fingerprint density at radius 3 is 2.61 bits per heavy atom. The van der Waals surface area contributed by atoms with Crippen molar-refractivity contribution in [3.05, 3.63) is 30.0 Å². The van der Waals surface area contributed by atoms with Crippen molar-refractivity contribution in [2.75, 3.05) is 20.0 Å². The second kappa shape index (κ2) is 4.72. The average Bonchev–Trinajstić information content (AvgIpc) is 2.78. The summed E-state index contributed by atoms with van der Waals surface area (Å²) in [6, 6.07) is 7.33. The highest BCUT2D eigenvalue weighted by Gasteiger charge is 2.16. The van der Waals surface area contributed by atoms with Crippen molar-refractivity contribution >= 4 is 5.88 Å². The summed E-state index contributed by atoms with van der Waals surface area (Å²) in [6.45, 7) is 0. The Hall–Kier alpha value is -2.61. The van der Waals surface area contributed by atoms with Gasteiger partial charge in [0.15, 0.2) is 0 Å². The van der Waals surface area contributed by atoms with Crippen LogP contribution in [-0.2, 0) is 0 Å². The van der Waals surface area contributed by atoms with Crippen LogP contribution in [-0.4, -0.2) is 14.2 Å². The lowest BCUT2D eigenvalue weighted by Gasteiger charge is -2.09. The van der Waals surface area contributed by atoms with E-state index < -0.39 is 0 Å². The first kappa shape index (κ1) is 11.9. The molecule has 0 bridgehead atoms. The molecule has 5 nitrogen and oxygen atoms in total. The molecule has 0 fully saturated rings. The SMILES string of the molecule is COc1ccc(-c2coc(N)c2C#N)c(OC)c1.